The van der Waals surface area contributed by atoms with Crippen molar-refractivity contribution in [3.05, 3.63) is 48.5 Å². The molecule has 0 aliphatic carbocycles. The van der Waals surface area contributed by atoms with E-state index in [1.54, 1.807) is 0 Å². The molecule has 0 spiro atoms. The van der Waals surface area contributed by atoms with Crippen molar-refractivity contribution in [1.29, 1.82) is 0 Å². The lowest BCUT2D eigenvalue weighted by Gasteiger charge is -2.29. The van der Waals surface area contributed by atoms with Crippen LogP contribution in [-0.4, -0.2) is 50.7 Å². The van der Waals surface area contributed by atoms with Gasteiger partial charge in [-0.2, -0.15) is 0 Å². The Balaban J connectivity index is 1.78. The molecule has 134 valence electrons. The summed E-state index contributed by atoms with van der Waals surface area (Å²) in [7, 11) is 0. The smallest absolute Gasteiger partial charge is 0.0368 e. The highest BCUT2D eigenvalue weighted by atomic mass is 15.3. The molecule has 1 fully saturated rings. The van der Waals surface area contributed by atoms with Crippen molar-refractivity contribution in [2.24, 2.45) is 0 Å². The number of hydrogen-bond donors (Lipinski definition) is 2. The van der Waals surface area contributed by atoms with Gasteiger partial charge in [-0.3, -0.25) is 0 Å². The second-order valence-corrected chi connectivity index (χ2v) is 6.59. The van der Waals surface area contributed by atoms with Gasteiger partial charge in [0.15, 0.2) is 0 Å². The third-order valence-electron chi connectivity index (χ3n) is 4.98. The van der Waals surface area contributed by atoms with Crippen molar-refractivity contribution in [2.45, 2.75) is 6.92 Å². The number of nitrogen functional groups attached to an aromatic ring is 2. The number of anilines is 4. The van der Waals surface area contributed by atoms with E-state index in [0.29, 0.717) is 0 Å². The van der Waals surface area contributed by atoms with Gasteiger partial charge in [0, 0.05) is 62.0 Å². The van der Waals surface area contributed by atoms with Crippen LogP contribution < -0.4 is 21.3 Å². The second kappa shape index (κ2) is 8.12. The molecule has 1 saturated heterocycles. The fourth-order valence-electron chi connectivity index (χ4n) is 3.30. The molecule has 1 aliphatic rings. The zero-order valence-electron chi connectivity index (χ0n) is 15.1. The molecule has 0 unspecified atom stereocenters. The molecule has 25 heavy (non-hydrogen) atoms. The Kier molecular flexibility index (Phi) is 5.66. The first kappa shape index (κ1) is 17.4. The molecule has 0 saturated carbocycles. The number of nitrogens with zero attached hydrogens (tertiary/aromatic N) is 3. The van der Waals surface area contributed by atoms with Crippen molar-refractivity contribution in [2.75, 3.05) is 67.1 Å². The number of nitrogens with two attached hydrogens (primary N) is 2. The summed E-state index contributed by atoms with van der Waals surface area (Å²) in [5.74, 6) is 0. The third kappa shape index (κ3) is 4.57. The zero-order chi connectivity index (χ0) is 17.6. The van der Waals surface area contributed by atoms with Crippen molar-refractivity contribution in [3.63, 3.8) is 0 Å². The molecule has 0 radical (unpaired) electrons. The maximum atomic E-state index is 5.85. The average molecular weight is 339 g/mol. The lowest BCUT2D eigenvalue weighted by Crippen LogP contribution is -2.36. The van der Waals surface area contributed by atoms with E-state index in [2.05, 4.69) is 45.9 Å². The second-order valence-electron chi connectivity index (χ2n) is 6.59. The molecule has 0 atom stereocenters. The number of hydrogen-bond acceptors (Lipinski definition) is 5. The summed E-state index contributed by atoms with van der Waals surface area (Å²) in [5, 5.41) is 0. The molecule has 2 aromatic rings. The lowest BCUT2D eigenvalue weighted by atomic mass is 10.2. The molecule has 1 heterocycles. The summed E-state index contributed by atoms with van der Waals surface area (Å²) in [6, 6.07) is 16.4. The van der Waals surface area contributed by atoms with Crippen molar-refractivity contribution in [1.82, 2.24) is 4.90 Å². The highest BCUT2D eigenvalue weighted by Crippen LogP contribution is 2.20. The molecule has 3 rings (SSSR count). The van der Waals surface area contributed by atoms with Gasteiger partial charge >= 0.3 is 0 Å². The van der Waals surface area contributed by atoms with Crippen LogP contribution in [0.15, 0.2) is 48.5 Å². The van der Waals surface area contributed by atoms with E-state index in [1.807, 2.05) is 24.3 Å². The van der Waals surface area contributed by atoms with E-state index in [4.69, 9.17) is 11.5 Å². The molecule has 0 bridgehead atoms. The van der Waals surface area contributed by atoms with Gasteiger partial charge in [-0.05, 0) is 55.1 Å². The molecule has 2 aromatic carbocycles. The Labute approximate surface area is 150 Å². The van der Waals surface area contributed by atoms with E-state index >= 15 is 0 Å². The first-order valence-corrected chi connectivity index (χ1v) is 9.09. The molecule has 4 N–H and O–H groups in total. The van der Waals surface area contributed by atoms with Gasteiger partial charge in [0.05, 0.1) is 0 Å². The van der Waals surface area contributed by atoms with Crippen LogP contribution in [0.25, 0.3) is 0 Å². The van der Waals surface area contributed by atoms with Gasteiger partial charge < -0.3 is 26.2 Å². The lowest BCUT2D eigenvalue weighted by molar-refractivity contribution is 0.304. The monoisotopic (exact) mass is 339 g/mol. The van der Waals surface area contributed by atoms with Crippen LogP contribution in [-0.2, 0) is 0 Å². The van der Waals surface area contributed by atoms with Gasteiger partial charge in [-0.15, -0.1) is 0 Å². The van der Waals surface area contributed by atoms with Crippen LogP contribution in [0, 0.1) is 0 Å². The quantitative estimate of drug-likeness (QED) is 0.842. The van der Waals surface area contributed by atoms with E-state index < -0.39 is 0 Å². The van der Waals surface area contributed by atoms with E-state index in [-0.39, 0.29) is 0 Å². The third-order valence-corrected chi connectivity index (χ3v) is 4.98. The Morgan fingerprint density at radius 2 is 1.00 bits per heavy atom. The van der Waals surface area contributed by atoms with Crippen molar-refractivity contribution < 1.29 is 0 Å². The van der Waals surface area contributed by atoms with Crippen LogP contribution >= 0.6 is 0 Å². The molecule has 0 amide bonds. The molecule has 5 heteroatoms. The first-order chi connectivity index (χ1) is 12.2. The standard InChI is InChI=1S/C20H29N5/c1-2-23-11-13-24(19-7-3-17(21)4-8-19)15-16-25(14-12-23)20-9-5-18(22)6-10-20/h3-10H,2,11-16,21-22H2,1H3. The topological polar surface area (TPSA) is 61.8 Å². The minimum absolute atomic E-state index is 0.812. The van der Waals surface area contributed by atoms with Crippen molar-refractivity contribution in [3.8, 4) is 0 Å². The first-order valence-electron chi connectivity index (χ1n) is 9.09. The van der Waals surface area contributed by atoms with Gasteiger partial charge in [0.25, 0.3) is 0 Å². The summed E-state index contributed by atoms with van der Waals surface area (Å²) >= 11 is 0. The highest BCUT2D eigenvalue weighted by molar-refractivity contribution is 5.55. The SMILES string of the molecule is CCN1CCN(c2ccc(N)cc2)CCN(c2ccc(N)cc2)CC1. The van der Waals surface area contributed by atoms with E-state index in [9.17, 15) is 0 Å². The molecule has 5 nitrogen and oxygen atoms in total. The summed E-state index contributed by atoms with van der Waals surface area (Å²) < 4.78 is 0. The van der Waals surface area contributed by atoms with Gasteiger partial charge in [0.2, 0.25) is 0 Å². The summed E-state index contributed by atoms with van der Waals surface area (Å²) in [6.45, 7) is 9.52. The van der Waals surface area contributed by atoms with Crippen molar-refractivity contribution >= 4 is 22.7 Å². The Bertz CT molecular complexity index is 595. The minimum atomic E-state index is 0.812. The predicted molar refractivity (Wildman–Crippen MR) is 108 cm³/mol. The van der Waals surface area contributed by atoms with Gasteiger partial charge in [-0.25, -0.2) is 0 Å². The predicted octanol–water partition coefficient (Wildman–Crippen LogP) is 2.50. The van der Waals surface area contributed by atoms with Gasteiger partial charge in [0.1, 0.15) is 0 Å². The fourth-order valence-corrected chi connectivity index (χ4v) is 3.30. The maximum absolute atomic E-state index is 5.85. The minimum Gasteiger partial charge on any atom is -0.399 e. The van der Waals surface area contributed by atoms with Crippen LogP contribution in [0.1, 0.15) is 6.92 Å². The zero-order valence-corrected chi connectivity index (χ0v) is 15.1. The summed E-state index contributed by atoms with van der Waals surface area (Å²) in [4.78, 5) is 7.43. The number of rotatable bonds is 3. The van der Waals surface area contributed by atoms with E-state index in [0.717, 1.165) is 57.2 Å². The fraction of sp³-hybridized carbons (Fsp3) is 0.400. The largest absolute Gasteiger partial charge is 0.399 e. The highest BCUT2D eigenvalue weighted by Gasteiger charge is 2.16. The van der Waals surface area contributed by atoms with Crippen LogP contribution in [0.4, 0.5) is 22.7 Å². The Morgan fingerprint density at radius 3 is 1.36 bits per heavy atom. The Morgan fingerprint density at radius 1 is 0.640 bits per heavy atom. The summed E-state index contributed by atoms with van der Waals surface area (Å²) in [5.41, 5.74) is 15.8. The van der Waals surface area contributed by atoms with Gasteiger partial charge in [-0.1, -0.05) is 6.92 Å². The van der Waals surface area contributed by atoms with E-state index in [1.165, 1.54) is 11.4 Å². The molecule has 1 aliphatic heterocycles. The molecular formula is C20H29N5. The van der Waals surface area contributed by atoms with Crippen LogP contribution in [0.3, 0.4) is 0 Å². The van der Waals surface area contributed by atoms with Crippen LogP contribution in [0.5, 0.6) is 0 Å². The summed E-state index contributed by atoms with van der Waals surface area (Å²) in [6.07, 6.45) is 0. The number of benzene rings is 2. The number of likely N-dealkylation sites (N-methyl/N-ethyl adjacent to an activating group) is 1. The Hall–Kier alpha value is -2.40. The average Bonchev–Trinajstić information content (AvgIpc) is 2.73. The molecular weight excluding hydrogens is 310 g/mol. The maximum Gasteiger partial charge on any atom is 0.0368 e. The molecule has 0 aromatic heterocycles. The van der Waals surface area contributed by atoms with Crippen LogP contribution in [0.2, 0.25) is 0 Å². The normalized spacial score (nSPS) is 17.0.